The molecule has 0 amide bonds. The minimum Gasteiger partial charge on any atom is -0.458 e. The van der Waals surface area contributed by atoms with Crippen LogP contribution >= 0.6 is 12.6 Å². The average molecular weight is 192 g/mol. The van der Waals surface area contributed by atoms with E-state index in [4.69, 9.17) is 4.74 Å². The second-order valence-corrected chi connectivity index (χ2v) is 2.82. The molecular weight excluding hydrogens is 180 g/mol. The molecule has 0 rings (SSSR count). The molecular formula is C7H12O4S. The summed E-state index contributed by atoms with van der Waals surface area (Å²) in [4.78, 5) is 20.9. The molecule has 2 unspecified atom stereocenters. The van der Waals surface area contributed by atoms with E-state index >= 15 is 0 Å². The summed E-state index contributed by atoms with van der Waals surface area (Å²) in [6.45, 7) is 4.15. The van der Waals surface area contributed by atoms with Crippen molar-refractivity contribution in [3.8, 4) is 0 Å². The number of carbonyl (C=O) groups excluding carboxylic acids is 2. The van der Waals surface area contributed by atoms with Gasteiger partial charge in [-0.2, -0.15) is 0 Å². The topological polar surface area (TPSA) is 52.6 Å². The van der Waals surface area contributed by atoms with Gasteiger partial charge in [0.1, 0.15) is 6.10 Å². The Morgan fingerprint density at radius 3 is 1.92 bits per heavy atom. The molecule has 0 aromatic heterocycles. The molecule has 0 radical (unpaired) electrons. The zero-order valence-electron chi connectivity index (χ0n) is 7.23. The van der Waals surface area contributed by atoms with Gasteiger partial charge in [0.25, 0.3) is 0 Å². The van der Waals surface area contributed by atoms with Crippen LogP contribution in [0.4, 0.5) is 0 Å². The van der Waals surface area contributed by atoms with E-state index < -0.39 is 23.5 Å². The van der Waals surface area contributed by atoms with Crippen LogP contribution < -0.4 is 0 Å². The van der Waals surface area contributed by atoms with Crippen LogP contribution in [0.2, 0.25) is 0 Å². The summed E-state index contributed by atoms with van der Waals surface area (Å²) in [6.07, 6.45) is -0.533. The molecule has 0 aliphatic rings. The van der Waals surface area contributed by atoms with E-state index in [1.165, 1.54) is 13.8 Å². The average Bonchev–Trinajstić information content (AvgIpc) is 1.84. The third kappa shape index (κ3) is 5.01. The third-order valence-corrected chi connectivity index (χ3v) is 1.57. The maximum absolute atomic E-state index is 10.4. The SMILES string of the molecule is CC(=O)OC(C)C(S)OC(C)=O. The molecule has 0 N–H and O–H groups in total. The van der Waals surface area contributed by atoms with Gasteiger partial charge in [-0.3, -0.25) is 9.59 Å². The Hall–Kier alpha value is -0.710. The highest BCUT2D eigenvalue weighted by molar-refractivity contribution is 7.80. The molecule has 4 nitrogen and oxygen atoms in total. The van der Waals surface area contributed by atoms with Gasteiger partial charge in [-0.05, 0) is 6.92 Å². The highest BCUT2D eigenvalue weighted by Gasteiger charge is 2.18. The first kappa shape index (κ1) is 11.3. The molecule has 0 aromatic carbocycles. The number of esters is 2. The first-order valence-electron chi connectivity index (χ1n) is 3.46. The van der Waals surface area contributed by atoms with E-state index in [0.29, 0.717) is 0 Å². The minimum atomic E-state index is -0.702. The normalized spacial score (nSPS) is 14.7. The summed E-state index contributed by atoms with van der Waals surface area (Å²) in [6, 6.07) is 0. The van der Waals surface area contributed by atoms with E-state index in [-0.39, 0.29) is 0 Å². The number of carbonyl (C=O) groups is 2. The highest BCUT2D eigenvalue weighted by atomic mass is 32.1. The van der Waals surface area contributed by atoms with Crippen LogP contribution in [0.3, 0.4) is 0 Å². The predicted molar refractivity (Wildman–Crippen MR) is 45.8 cm³/mol. The van der Waals surface area contributed by atoms with Gasteiger partial charge in [0, 0.05) is 13.8 Å². The van der Waals surface area contributed by atoms with E-state index in [0.717, 1.165) is 0 Å². The number of thiol groups is 1. The number of hydrogen-bond acceptors (Lipinski definition) is 5. The molecule has 0 fully saturated rings. The smallest absolute Gasteiger partial charge is 0.303 e. The molecule has 70 valence electrons. The van der Waals surface area contributed by atoms with Crippen molar-refractivity contribution in [2.45, 2.75) is 32.3 Å². The fourth-order valence-electron chi connectivity index (χ4n) is 0.586. The second-order valence-electron chi connectivity index (χ2n) is 2.31. The van der Waals surface area contributed by atoms with Crippen LogP contribution in [-0.4, -0.2) is 23.5 Å². The first-order chi connectivity index (χ1) is 5.43. The Balaban J connectivity index is 3.83. The van der Waals surface area contributed by atoms with E-state index in [1.807, 2.05) is 0 Å². The third-order valence-electron chi connectivity index (χ3n) is 1.04. The predicted octanol–water partition coefficient (Wildman–Crippen LogP) is 0.757. The lowest BCUT2D eigenvalue weighted by Gasteiger charge is -2.18. The summed E-state index contributed by atoms with van der Waals surface area (Å²) in [5.74, 6) is -0.872. The lowest BCUT2D eigenvalue weighted by molar-refractivity contribution is -0.157. The summed E-state index contributed by atoms with van der Waals surface area (Å²) >= 11 is 3.92. The summed E-state index contributed by atoms with van der Waals surface area (Å²) in [5.41, 5.74) is -0.702. The number of hydrogen-bond donors (Lipinski definition) is 1. The van der Waals surface area contributed by atoms with Crippen LogP contribution in [0.1, 0.15) is 20.8 Å². The Morgan fingerprint density at radius 1 is 1.17 bits per heavy atom. The Kier molecular flexibility index (Phi) is 4.73. The maximum Gasteiger partial charge on any atom is 0.303 e. The zero-order chi connectivity index (χ0) is 9.72. The van der Waals surface area contributed by atoms with Crippen LogP contribution in [-0.2, 0) is 19.1 Å². The first-order valence-corrected chi connectivity index (χ1v) is 3.97. The molecule has 0 saturated carbocycles. The van der Waals surface area contributed by atoms with Crippen LogP contribution in [0.25, 0.3) is 0 Å². The van der Waals surface area contributed by atoms with Crippen molar-refractivity contribution in [3.63, 3.8) is 0 Å². The molecule has 0 bridgehead atoms. The summed E-state index contributed by atoms with van der Waals surface area (Å²) in [7, 11) is 0. The molecule has 2 atom stereocenters. The quantitative estimate of drug-likeness (QED) is 0.407. The fourth-order valence-corrected chi connectivity index (χ4v) is 0.795. The van der Waals surface area contributed by atoms with Crippen molar-refractivity contribution in [2.24, 2.45) is 0 Å². The van der Waals surface area contributed by atoms with E-state index in [2.05, 4.69) is 17.4 Å². The van der Waals surface area contributed by atoms with Crippen molar-refractivity contribution in [2.75, 3.05) is 0 Å². The maximum atomic E-state index is 10.4. The van der Waals surface area contributed by atoms with Crippen molar-refractivity contribution in [3.05, 3.63) is 0 Å². The highest BCUT2D eigenvalue weighted by Crippen LogP contribution is 2.08. The summed E-state index contributed by atoms with van der Waals surface area (Å²) in [5, 5.41) is 0. The van der Waals surface area contributed by atoms with Crippen LogP contribution in [0.15, 0.2) is 0 Å². The fraction of sp³-hybridized carbons (Fsp3) is 0.714. The van der Waals surface area contributed by atoms with Gasteiger partial charge >= 0.3 is 11.9 Å². The van der Waals surface area contributed by atoms with E-state index in [1.54, 1.807) is 6.92 Å². The molecule has 12 heavy (non-hydrogen) atoms. The van der Waals surface area contributed by atoms with Gasteiger partial charge in [0.15, 0.2) is 5.44 Å². The van der Waals surface area contributed by atoms with Gasteiger partial charge in [0.2, 0.25) is 0 Å². The molecule has 0 heterocycles. The van der Waals surface area contributed by atoms with Gasteiger partial charge < -0.3 is 9.47 Å². The zero-order valence-corrected chi connectivity index (χ0v) is 8.13. The molecule has 0 saturated heterocycles. The lowest BCUT2D eigenvalue weighted by atomic mass is 10.4. The minimum absolute atomic E-state index is 0.422. The Labute approximate surface area is 76.6 Å². The molecule has 0 spiro atoms. The van der Waals surface area contributed by atoms with Crippen molar-refractivity contribution in [1.82, 2.24) is 0 Å². The molecule has 0 aromatic rings. The number of rotatable bonds is 3. The van der Waals surface area contributed by atoms with Gasteiger partial charge in [-0.15, -0.1) is 12.6 Å². The van der Waals surface area contributed by atoms with Gasteiger partial charge in [-0.25, -0.2) is 0 Å². The monoisotopic (exact) mass is 192 g/mol. The second kappa shape index (κ2) is 5.03. The van der Waals surface area contributed by atoms with Crippen molar-refractivity contribution < 1.29 is 19.1 Å². The van der Waals surface area contributed by atoms with Crippen LogP contribution in [0, 0.1) is 0 Å². The van der Waals surface area contributed by atoms with E-state index in [9.17, 15) is 9.59 Å². The van der Waals surface area contributed by atoms with Crippen LogP contribution in [0.5, 0.6) is 0 Å². The van der Waals surface area contributed by atoms with Gasteiger partial charge in [-0.1, -0.05) is 0 Å². The standard InChI is InChI=1S/C7H12O4S/c1-4(10-5(2)8)7(12)11-6(3)9/h4,7,12H,1-3H3. The lowest BCUT2D eigenvalue weighted by Crippen LogP contribution is -2.27. The largest absolute Gasteiger partial charge is 0.458 e. The number of ether oxygens (including phenoxy) is 2. The summed E-state index contributed by atoms with van der Waals surface area (Å²) < 4.78 is 9.38. The molecule has 5 heteroatoms. The molecule has 0 aliphatic carbocycles. The van der Waals surface area contributed by atoms with Gasteiger partial charge in [0.05, 0.1) is 0 Å². The Morgan fingerprint density at radius 2 is 1.58 bits per heavy atom. The van der Waals surface area contributed by atoms with Crippen molar-refractivity contribution in [1.29, 1.82) is 0 Å². The van der Waals surface area contributed by atoms with Crippen molar-refractivity contribution >= 4 is 24.6 Å². The molecule has 0 aliphatic heterocycles. The Bertz CT molecular complexity index is 160.